The van der Waals surface area contributed by atoms with Crippen LogP contribution in [-0.2, 0) is 5.88 Å². The number of hydrogen-bond donors (Lipinski definition) is 0. The van der Waals surface area contributed by atoms with E-state index in [4.69, 9.17) is 27.9 Å². The molecular weight excluding hydrogens is 245 g/mol. The van der Waals surface area contributed by atoms with E-state index in [1.165, 1.54) is 0 Å². The van der Waals surface area contributed by atoms with Gasteiger partial charge in [0.25, 0.3) is 0 Å². The Labute approximate surface area is 104 Å². The van der Waals surface area contributed by atoms with Gasteiger partial charge in [-0.3, -0.25) is 4.98 Å². The van der Waals surface area contributed by atoms with E-state index in [0.717, 1.165) is 5.56 Å². The van der Waals surface area contributed by atoms with Crippen LogP contribution in [0.5, 0.6) is 11.5 Å². The Kier molecular flexibility index (Phi) is 3.65. The Hall–Kier alpha value is -1.25. The van der Waals surface area contributed by atoms with Gasteiger partial charge in [-0.05, 0) is 30.3 Å². The zero-order chi connectivity index (χ0) is 11.4. The second-order valence-corrected chi connectivity index (χ2v) is 3.88. The number of halogens is 2. The summed E-state index contributed by atoms with van der Waals surface area (Å²) < 4.78 is 5.65. The minimum absolute atomic E-state index is 0.357. The topological polar surface area (TPSA) is 22.1 Å². The lowest BCUT2D eigenvalue weighted by Crippen LogP contribution is -1.89. The number of pyridine rings is 1. The highest BCUT2D eigenvalue weighted by Gasteiger charge is 2.04. The molecule has 0 aliphatic rings. The van der Waals surface area contributed by atoms with Crippen LogP contribution in [-0.4, -0.2) is 4.98 Å². The van der Waals surface area contributed by atoms with Gasteiger partial charge in [-0.1, -0.05) is 11.6 Å². The third-order valence-corrected chi connectivity index (χ3v) is 2.55. The maximum absolute atomic E-state index is 5.87. The van der Waals surface area contributed by atoms with Crippen molar-refractivity contribution in [2.45, 2.75) is 5.88 Å². The van der Waals surface area contributed by atoms with Crippen LogP contribution >= 0.6 is 23.2 Å². The summed E-state index contributed by atoms with van der Waals surface area (Å²) in [6.07, 6.45) is 3.34. The number of hydrogen-bond acceptors (Lipinski definition) is 2. The van der Waals surface area contributed by atoms with Crippen LogP contribution in [0, 0.1) is 0 Å². The van der Waals surface area contributed by atoms with Crippen LogP contribution in [0.1, 0.15) is 5.56 Å². The lowest BCUT2D eigenvalue weighted by molar-refractivity contribution is 0.476. The van der Waals surface area contributed by atoms with Gasteiger partial charge in [0.15, 0.2) is 0 Å². The second-order valence-electron chi connectivity index (χ2n) is 3.18. The largest absolute Gasteiger partial charge is 0.455 e. The third kappa shape index (κ3) is 2.65. The first-order valence-corrected chi connectivity index (χ1v) is 5.63. The van der Waals surface area contributed by atoms with Gasteiger partial charge in [-0.25, -0.2) is 0 Å². The van der Waals surface area contributed by atoms with Crippen LogP contribution in [0.2, 0.25) is 5.02 Å². The highest BCUT2D eigenvalue weighted by Crippen LogP contribution is 2.28. The molecule has 1 aromatic carbocycles. The molecule has 0 bridgehead atoms. The van der Waals surface area contributed by atoms with E-state index >= 15 is 0 Å². The van der Waals surface area contributed by atoms with Crippen LogP contribution in [0.3, 0.4) is 0 Å². The SMILES string of the molecule is ClCc1cc(Cl)ccc1Oc1cccnc1. The molecule has 0 saturated carbocycles. The van der Waals surface area contributed by atoms with Crippen molar-refractivity contribution in [1.29, 1.82) is 0 Å². The minimum Gasteiger partial charge on any atom is -0.455 e. The number of rotatable bonds is 3. The Balaban J connectivity index is 2.28. The van der Waals surface area contributed by atoms with Crippen molar-refractivity contribution in [3.8, 4) is 11.5 Å². The fraction of sp³-hybridized carbons (Fsp3) is 0.0833. The smallest absolute Gasteiger partial charge is 0.145 e. The van der Waals surface area contributed by atoms with E-state index in [0.29, 0.717) is 22.4 Å². The summed E-state index contributed by atoms with van der Waals surface area (Å²) in [6, 6.07) is 9.00. The molecule has 82 valence electrons. The van der Waals surface area contributed by atoms with Crippen molar-refractivity contribution in [3.63, 3.8) is 0 Å². The summed E-state index contributed by atoms with van der Waals surface area (Å²) in [5.41, 5.74) is 0.859. The van der Waals surface area contributed by atoms with Gasteiger partial charge in [0.1, 0.15) is 11.5 Å². The van der Waals surface area contributed by atoms with Gasteiger partial charge >= 0.3 is 0 Å². The summed E-state index contributed by atoms with van der Waals surface area (Å²) in [7, 11) is 0. The van der Waals surface area contributed by atoms with E-state index < -0.39 is 0 Å². The maximum atomic E-state index is 5.87. The molecule has 0 fully saturated rings. The lowest BCUT2D eigenvalue weighted by Gasteiger charge is -2.09. The molecule has 0 unspecified atom stereocenters. The predicted molar refractivity (Wildman–Crippen MR) is 65.3 cm³/mol. The quantitative estimate of drug-likeness (QED) is 0.763. The highest BCUT2D eigenvalue weighted by atomic mass is 35.5. The van der Waals surface area contributed by atoms with Crippen LogP contribution < -0.4 is 4.74 Å². The van der Waals surface area contributed by atoms with Crippen molar-refractivity contribution in [1.82, 2.24) is 4.98 Å². The van der Waals surface area contributed by atoms with Crippen molar-refractivity contribution >= 4 is 23.2 Å². The van der Waals surface area contributed by atoms with E-state index in [-0.39, 0.29) is 0 Å². The molecule has 0 saturated heterocycles. The van der Waals surface area contributed by atoms with Crippen LogP contribution in [0.25, 0.3) is 0 Å². The molecular formula is C12H9Cl2NO. The van der Waals surface area contributed by atoms with Gasteiger partial charge < -0.3 is 4.74 Å². The first kappa shape index (κ1) is 11.2. The number of alkyl halides is 1. The highest BCUT2D eigenvalue weighted by molar-refractivity contribution is 6.30. The van der Waals surface area contributed by atoms with E-state index in [1.54, 1.807) is 30.6 Å². The summed E-state index contributed by atoms with van der Waals surface area (Å²) in [5, 5.41) is 0.647. The second kappa shape index (κ2) is 5.19. The zero-order valence-corrected chi connectivity index (χ0v) is 9.87. The first-order valence-electron chi connectivity index (χ1n) is 4.72. The first-order chi connectivity index (χ1) is 7.79. The summed E-state index contributed by atoms with van der Waals surface area (Å²) >= 11 is 11.7. The Morgan fingerprint density at radius 3 is 2.81 bits per heavy atom. The average Bonchev–Trinajstić information content (AvgIpc) is 2.33. The van der Waals surface area contributed by atoms with Crippen molar-refractivity contribution in [2.75, 3.05) is 0 Å². The van der Waals surface area contributed by atoms with Crippen LogP contribution in [0.15, 0.2) is 42.7 Å². The Morgan fingerprint density at radius 2 is 2.12 bits per heavy atom. The molecule has 0 aliphatic heterocycles. The standard InChI is InChI=1S/C12H9Cl2NO/c13-7-9-6-10(14)3-4-12(9)16-11-2-1-5-15-8-11/h1-6,8H,7H2. The normalized spacial score (nSPS) is 10.1. The number of ether oxygens (including phenoxy) is 1. The monoisotopic (exact) mass is 253 g/mol. The number of nitrogens with zero attached hydrogens (tertiary/aromatic N) is 1. The van der Waals surface area contributed by atoms with Gasteiger partial charge in [0.05, 0.1) is 12.1 Å². The number of aromatic nitrogens is 1. The van der Waals surface area contributed by atoms with E-state index in [2.05, 4.69) is 4.98 Å². The Bertz CT molecular complexity index is 474. The molecule has 2 rings (SSSR count). The molecule has 1 aromatic heterocycles. The molecule has 4 heteroatoms. The third-order valence-electron chi connectivity index (χ3n) is 2.03. The van der Waals surface area contributed by atoms with Gasteiger partial charge in [0, 0.05) is 16.8 Å². The van der Waals surface area contributed by atoms with E-state index in [9.17, 15) is 0 Å². The average molecular weight is 254 g/mol. The molecule has 2 nitrogen and oxygen atoms in total. The van der Waals surface area contributed by atoms with Crippen molar-refractivity contribution < 1.29 is 4.74 Å². The number of benzene rings is 1. The molecule has 0 radical (unpaired) electrons. The molecule has 0 atom stereocenters. The van der Waals surface area contributed by atoms with E-state index in [1.807, 2.05) is 12.1 Å². The molecule has 2 aromatic rings. The van der Waals surface area contributed by atoms with Gasteiger partial charge in [0.2, 0.25) is 0 Å². The summed E-state index contributed by atoms with van der Waals surface area (Å²) in [4.78, 5) is 3.97. The lowest BCUT2D eigenvalue weighted by atomic mass is 10.2. The molecule has 0 N–H and O–H groups in total. The molecule has 1 heterocycles. The van der Waals surface area contributed by atoms with Crippen molar-refractivity contribution in [2.24, 2.45) is 0 Å². The molecule has 16 heavy (non-hydrogen) atoms. The fourth-order valence-corrected chi connectivity index (χ4v) is 1.69. The van der Waals surface area contributed by atoms with Crippen molar-refractivity contribution in [3.05, 3.63) is 53.3 Å². The maximum Gasteiger partial charge on any atom is 0.145 e. The van der Waals surface area contributed by atoms with Crippen LogP contribution in [0.4, 0.5) is 0 Å². The molecule has 0 aliphatic carbocycles. The Morgan fingerprint density at radius 1 is 1.25 bits per heavy atom. The fourth-order valence-electron chi connectivity index (χ4n) is 1.29. The molecule has 0 amide bonds. The molecule has 0 spiro atoms. The van der Waals surface area contributed by atoms with Gasteiger partial charge in [-0.15, -0.1) is 11.6 Å². The van der Waals surface area contributed by atoms with Gasteiger partial charge in [-0.2, -0.15) is 0 Å². The summed E-state index contributed by atoms with van der Waals surface area (Å²) in [6.45, 7) is 0. The summed E-state index contributed by atoms with van der Waals surface area (Å²) in [5.74, 6) is 1.74. The zero-order valence-electron chi connectivity index (χ0n) is 8.36. The predicted octanol–water partition coefficient (Wildman–Crippen LogP) is 4.27. The minimum atomic E-state index is 0.357.